The molecule has 0 bridgehead atoms. The Balaban J connectivity index is 2.00. The first-order valence-electron chi connectivity index (χ1n) is 5.35. The minimum Gasteiger partial charge on any atom is -0.396 e. The SMILES string of the molecule is N#CCN1CCN(c2ccncc2N)CC1. The summed E-state index contributed by atoms with van der Waals surface area (Å²) in [5, 5.41) is 8.61. The molecule has 1 saturated heterocycles. The molecule has 0 aromatic carbocycles. The van der Waals surface area contributed by atoms with E-state index >= 15 is 0 Å². The molecule has 5 heteroatoms. The summed E-state index contributed by atoms with van der Waals surface area (Å²) in [5.41, 5.74) is 7.64. The van der Waals surface area contributed by atoms with E-state index in [1.54, 1.807) is 12.4 Å². The summed E-state index contributed by atoms with van der Waals surface area (Å²) < 4.78 is 0. The number of nitriles is 1. The lowest BCUT2D eigenvalue weighted by Crippen LogP contribution is -2.46. The molecular weight excluding hydrogens is 202 g/mol. The molecule has 2 heterocycles. The van der Waals surface area contributed by atoms with Crippen LogP contribution in [0.4, 0.5) is 11.4 Å². The summed E-state index contributed by atoms with van der Waals surface area (Å²) in [6, 6.07) is 4.12. The number of piperazine rings is 1. The van der Waals surface area contributed by atoms with E-state index in [1.165, 1.54) is 0 Å². The molecule has 0 atom stereocenters. The zero-order chi connectivity index (χ0) is 11.4. The second kappa shape index (κ2) is 4.81. The highest BCUT2D eigenvalue weighted by molar-refractivity contribution is 5.66. The van der Waals surface area contributed by atoms with Crippen molar-refractivity contribution < 1.29 is 0 Å². The third-order valence-corrected chi connectivity index (χ3v) is 2.84. The Morgan fingerprint density at radius 3 is 2.75 bits per heavy atom. The number of pyridine rings is 1. The van der Waals surface area contributed by atoms with E-state index in [-0.39, 0.29) is 0 Å². The van der Waals surface area contributed by atoms with Gasteiger partial charge >= 0.3 is 0 Å². The van der Waals surface area contributed by atoms with Crippen molar-refractivity contribution in [2.45, 2.75) is 0 Å². The first-order chi connectivity index (χ1) is 7.81. The van der Waals surface area contributed by atoms with Gasteiger partial charge in [0.2, 0.25) is 0 Å². The van der Waals surface area contributed by atoms with Crippen molar-refractivity contribution in [3.8, 4) is 6.07 Å². The van der Waals surface area contributed by atoms with E-state index in [0.717, 1.165) is 37.6 Å². The molecule has 1 aliphatic rings. The first kappa shape index (κ1) is 10.7. The maximum absolute atomic E-state index is 8.61. The lowest BCUT2D eigenvalue weighted by atomic mass is 10.2. The van der Waals surface area contributed by atoms with Crippen LogP contribution in [-0.2, 0) is 0 Å². The summed E-state index contributed by atoms with van der Waals surface area (Å²) in [6.45, 7) is 4.16. The molecule has 0 unspecified atom stereocenters. The van der Waals surface area contributed by atoms with E-state index in [9.17, 15) is 0 Å². The van der Waals surface area contributed by atoms with Gasteiger partial charge in [-0.3, -0.25) is 9.88 Å². The number of nitrogen functional groups attached to an aromatic ring is 1. The third-order valence-electron chi connectivity index (χ3n) is 2.84. The molecule has 84 valence electrons. The lowest BCUT2D eigenvalue weighted by molar-refractivity contribution is 0.287. The predicted molar refractivity (Wildman–Crippen MR) is 62.9 cm³/mol. The van der Waals surface area contributed by atoms with E-state index < -0.39 is 0 Å². The highest BCUT2D eigenvalue weighted by atomic mass is 15.3. The number of nitrogens with two attached hydrogens (primary N) is 1. The first-order valence-corrected chi connectivity index (χ1v) is 5.35. The third kappa shape index (κ3) is 2.23. The van der Waals surface area contributed by atoms with Crippen LogP contribution in [0.25, 0.3) is 0 Å². The highest BCUT2D eigenvalue weighted by Gasteiger charge is 2.17. The molecule has 0 spiro atoms. The number of aromatic nitrogens is 1. The molecule has 5 nitrogen and oxygen atoms in total. The summed E-state index contributed by atoms with van der Waals surface area (Å²) in [5.74, 6) is 0. The monoisotopic (exact) mass is 217 g/mol. The van der Waals surface area contributed by atoms with Gasteiger partial charge in [0, 0.05) is 32.4 Å². The Morgan fingerprint density at radius 2 is 2.12 bits per heavy atom. The fraction of sp³-hybridized carbons (Fsp3) is 0.455. The molecule has 1 fully saturated rings. The topological polar surface area (TPSA) is 69.2 Å². The van der Waals surface area contributed by atoms with E-state index in [2.05, 4.69) is 20.9 Å². The molecule has 2 rings (SSSR count). The minimum absolute atomic E-state index is 0.514. The Morgan fingerprint density at radius 1 is 1.38 bits per heavy atom. The smallest absolute Gasteiger partial charge is 0.0867 e. The van der Waals surface area contributed by atoms with Crippen molar-refractivity contribution in [3.63, 3.8) is 0 Å². The summed E-state index contributed by atoms with van der Waals surface area (Å²) in [4.78, 5) is 8.37. The number of hydrogen-bond donors (Lipinski definition) is 1. The molecule has 0 radical (unpaired) electrons. The predicted octanol–water partition coefficient (Wildman–Crippen LogP) is 0.309. The molecule has 1 aliphatic heterocycles. The van der Waals surface area contributed by atoms with Crippen LogP contribution in [0.1, 0.15) is 0 Å². The van der Waals surface area contributed by atoms with Crippen LogP contribution in [0.2, 0.25) is 0 Å². The van der Waals surface area contributed by atoms with Crippen molar-refractivity contribution in [2.75, 3.05) is 43.4 Å². The fourth-order valence-corrected chi connectivity index (χ4v) is 1.93. The molecular formula is C11H15N5. The number of hydrogen-bond acceptors (Lipinski definition) is 5. The summed E-state index contributed by atoms with van der Waals surface area (Å²) in [6.07, 6.45) is 3.43. The van der Waals surface area contributed by atoms with Gasteiger partial charge < -0.3 is 10.6 Å². The zero-order valence-corrected chi connectivity index (χ0v) is 9.13. The number of rotatable bonds is 2. The molecule has 1 aromatic rings. The van der Waals surface area contributed by atoms with Crippen LogP contribution in [-0.4, -0.2) is 42.6 Å². The molecule has 16 heavy (non-hydrogen) atoms. The van der Waals surface area contributed by atoms with Crippen LogP contribution in [0.15, 0.2) is 18.5 Å². The van der Waals surface area contributed by atoms with E-state index in [1.807, 2.05) is 6.07 Å². The van der Waals surface area contributed by atoms with Gasteiger partial charge in [-0.25, -0.2) is 0 Å². The summed E-state index contributed by atoms with van der Waals surface area (Å²) >= 11 is 0. The minimum atomic E-state index is 0.514. The Labute approximate surface area is 95.1 Å². The van der Waals surface area contributed by atoms with Crippen molar-refractivity contribution in [3.05, 3.63) is 18.5 Å². The zero-order valence-electron chi connectivity index (χ0n) is 9.13. The van der Waals surface area contributed by atoms with Crippen LogP contribution in [0, 0.1) is 11.3 Å². The van der Waals surface area contributed by atoms with Gasteiger partial charge in [0.05, 0.1) is 30.2 Å². The van der Waals surface area contributed by atoms with E-state index in [0.29, 0.717) is 6.54 Å². The van der Waals surface area contributed by atoms with Crippen molar-refractivity contribution in [2.24, 2.45) is 0 Å². The van der Waals surface area contributed by atoms with Crippen molar-refractivity contribution >= 4 is 11.4 Å². The second-order valence-electron chi connectivity index (χ2n) is 3.86. The van der Waals surface area contributed by atoms with Gasteiger partial charge in [-0.2, -0.15) is 5.26 Å². The molecule has 2 N–H and O–H groups in total. The van der Waals surface area contributed by atoms with Crippen molar-refractivity contribution in [1.29, 1.82) is 5.26 Å². The van der Waals surface area contributed by atoms with Crippen LogP contribution in [0.5, 0.6) is 0 Å². The summed E-state index contributed by atoms with van der Waals surface area (Å²) in [7, 11) is 0. The van der Waals surface area contributed by atoms with Crippen LogP contribution >= 0.6 is 0 Å². The van der Waals surface area contributed by atoms with Gasteiger partial charge in [0.25, 0.3) is 0 Å². The van der Waals surface area contributed by atoms with Gasteiger partial charge in [-0.05, 0) is 6.07 Å². The van der Waals surface area contributed by atoms with Crippen molar-refractivity contribution in [1.82, 2.24) is 9.88 Å². The lowest BCUT2D eigenvalue weighted by Gasteiger charge is -2.35. The highest BCUT2D eigenvalue weighted by Crippen LogP contribution is 2.22. The maximum atomic E-state index is 8.61. The van der Waals surface area contributed by atoms with Gasteiger partial charge in [-0.15, -0.1) is 0 Å². The van der Waals surface area contributed by atoms with Gasteiger partial charge in [0.1, 0.15) is 0 Å². The quantitative estimate of drug-likeness (QED) is 0.722. The molecule has 0 amide bonds. The fourth-order valence-electron chi connectivity index (χ4n) is 1.93. The second-order valence-corrected chi connectivity index (χ2v) is 3.86. The average Bonchev–Trinajstić information content (AvgIpc) is 2.31. The standard InChI is InChI=1S/C11H15N5/c12-2-4-15-5-7-16(8-6-15)11-1-3-14-9-10(11)13/h1,3,9H,4-8,13H2. The van der Waals surface area contributed by atoms with Crippen LogP contribution in [0.3, 0.4) is 0 Å². The maximum Gasteiger partial charge on any atom is 0.0867 e. The molecule has 1 aromatic heterocycles. The van der Waals surface area contributed by atoms with Crippen LogP contribution < -0.4 is 10.6 Å². The largest absolute Gasteiger partial charge is 0.396 e. The molecule has 0 aliphatic carbocycles. The van der Waals surface area contributed by atoms with Gasteiger partial charge in [-0.1, -0.05) is 0 Å². The van der Waals surface area contributed by atoms with Gasteiger partial charge in [0.15, 0.2) is 0 Å². The molecule has 0 saturated carbocycles. The Hall–Kier alpha value is -1.80. The van der Waals surface area contributed by atoms with E-state index in [4.69, 9.17) is 11.0 Å². The number of anilines is 2. The number of nitrogens with zero attached hydrogens (tertiary/aromatic N) is 4. The Kier molecular flexibility index (Phi) is 3.22. The normalized spacial score (nSPS) is 17.1. The Bertz CT molecular complexity index is 390. The average molecular weight is 217 g/mol.